The van der Waals surface area contributed by atoms with E-state index in [0.717, 1.165) is 15.6 Å². The highest BCUT2D eigenvalue weighted by molar-refractivity contribution is 7.94. The Balaban J connectivity index is 2.57. The first-order valence-corrected chi connectivity index (χ1v) is 8.95. The number of thiophene rings is 1. The molecule has 5 nitrogen and oxygen atoms in total. The summed E-state index contributed by atoms with van der Waals surface area (Å²) >= 11 is 7.05. The number of sulfonamides is 1. The summed E-state index contributed by atoms with van der Waals surface area (Å²) in [6.07, 6.45) is 0. The summed E-state index contributed by atoms with van der Waals surface area (Å²) in [6.45, 7) is 1.33. The molecule has 0 bridgehead atoms. The van der Waals surface area contributed by atoms with Crippen LogP contribution in [0.2, 0.25) is 5.02 Å². The number of methoxy groups -OCH3 is 1. The van der Waals surface area contributed by atoms with E-state index in [1.165, 1.54) is 19.2 Å². The lowest BCUT2D eigenvalue weighted by Gasteiger charge is -2.24. The second-order valence-electron chi connectivity index (χ2n) is 4.45. The molecule has 1 aromatic heterocycles. The maximum absolute atomic E-state index is 12.8. The number of anilines is 1. The summed E-state index contributed by atoms with van der Waals surface area (Å²) < 4.78 is 31.4. The SMILES string of the molecule is COC(=O)CN(c1cc(Cl)ccc1C)S(=O)(=O)c1cccs1. The van der Waals surface area contributed by atoms with Gasteiger partial charge in [-0.3, -0.25) is 9.10 Å². The molecule has 118 valence electrons. The second-order valence-corrected chi connectivity index (χ2v) is 7.92. The molecule has 2 rings (SSSR count). The summed E-state index contributed by atoms with van der Waals surface area (Å²) in [6, 6.07) is 8.01. The van der Waals surface area contributed by atoms with Gasteiger partial charge < -0.3 is 4.74 Å². The van der Waals surface area contributed by atoms with Crippen LogP contribution in [0.1, 0.15) is 5.56 Å². The van der Waals surface area contributed by atoms with Crippen molar-refractivity contribution in [1.82, 2.24) is 0 Å². The highest BCUT2D eigenvalue weighted by Gasteiger charge is 2.29. The third-order valence-corrected chi connectivity index (χ3v) is 6.35. The molecule has 1 heterocycles. The summed E-state index contributed by atoms with van der Waals surface area (Å²) in [5, 5.41) is 2.05. The van der Waals surface area contributed by atoms with Crippen molar-refractivity contribution in [3.8, 4) is 0 Å². The fourth-order valence-corrected chi connectivity index (χ4v) is 4.59. The van der Waals surface area contributed by atoms with Crippen LogP contribution in [0, 0.1) is 6.92 Å². The molecule has 0 N–H and O–H groups in total. The predicted molar refractivity (Wildman–Crippen MR) is 87.1 cm³/mol. The Hall–Kier alpha value is -1.57. The van der Waals surface area contributed by atoms with E-state index in [1.54, 1.807) is 30.5 Å². The van der Waals surface area contributed by atoms with Crippen LogP contribution in [-0.2, 0) is 19.6 Å². The van der Waals surface area contributed by atoms with E-state index in [9.17, 15) is 13.2 Å². The van der Waals surface area contributed by atoms with Gasteiger partial charge in [-0.05, 0) is 36.1 Å². The van der Waals surface area contributed by atoms with Gasteiger partial charge in [-0.15, -0.1) is 11.3 Å². The van der Waals surface area contributed by atoms with E-state index < -0.39 is 22.5 Å². The van der Waals surface area contributed by atoms with Gasteiger partial charge in [0.1, 0.15) is 10.8 Å². The Labute approximate surface area is 138 Å². The van der Waals surface area contributed by atoms with Crippen molar-refractivity contribution in [3.05, 3.63) is 46.3 Å². The Bertz CT molecular complexity index is 772. The van der Waals surface area contributed by atoms with Crippen LogP contribution in [0.3, 0.4) is 0 Å². The minimum atomic E-state index is -3.86. The summed E-state index contributed by atoms with van der Waals surface area (Å²) in [5.41, 5.74) is 1.04. The molecule has 0 unspecified atom stereocenters. The molecule has 0 radical (unpaired) electrons. The third kappa shape index (κ3) is 3.43. The van der Waals surface area contributed by atoms with Gasteiger partial charge in [-0.2, -0.15) is 0 Å². The first-order valence-electron chi connectivity index (χ1n) is 6.25. The topological polar surface area (TPSA) is 63.7 Å². The zero-order chi connectivity index (χ0) is 16.3. The monoisotopic (exact) mass is 359 g/mol. The number of hydrogen-bond acceptors (Lipinski definition) is 5. The molecule has 0 amide bonds. The normalized spacial score (nSPS) is 11.2. The molecular formula is C14H14ClNO4S2. The zero-order valence-electron chi connectivity index (χ0n) is 11.9. The molecule has 22 heavy (non-hydrogen) atoms. The number of nitrogens with zero attached hydrogens (tertiary/aromatic N) is 1. The number of hydrogen-bond donors (Lipinski definition) is 0. The van der Waals surface area contributed by atoms with Crippen molar-refractivity contribution in [2.45, 2.75) is 11.1 Å². The highest BCUT2D eigenvalue weighted by Crippen LogP contribution is 2.30. The Morgan fingerprint density at radius 3 is 2.68 bits per heavy atom. The molecule has 0 aliphatic heterocycles. The van der Waals surface area contributed by atoms with E-state index in [-0.39, 0.29) is 4.21 Å². The molecule has 0 saturated heterocycles. The largest absolute Gasteiger partial charge is 0.468 e. The summed E-state index contributed by atoms with van der Waals surface area (Å²) in [7, 11) is -2.65. The minimum Gasteiger partial charge on any atom is -0.468 e. The predicted octanol–water partition coefficient (Wildman–Crippen LogP) is 3.08. The van der Waals surface area contributed by atoms with Crippen molar-refractivity contribution < 1.29 is 17.9 Å². The lowest BCUT2D eigenvalue weighted by atomic mass is 10.2. The highest BCUT2D eigenvalue weighted by atomic mass is 35.5. The van der Waals surface area contributed by atoms with Crippen molar-refractivity contribution in [2.75, 3.05) is 18.0 Å². The average Bonchev–Trinajstić information content (AvgIpc) is 3.02. The second kappa shape index (κ2) is 6.68. The van der Waals surface area contributed by atoms with Gasteiger partial charge in [0.15, 0.2) is 0 Å². The number of rotatable bonds is 5. The van der Waals surface area contributed by atoms with Crippen LogP contribution in [0.15, 0.2) is 39.9 Å². The fourth-order valence-electron chi connectivity index (χ4n) is 1.85. The minimum absolute atomic E-state index is 0.149. The lowest BCUT2D eigenvalue weighted by Crippen LogP contribution is -2.36. The molecule has 0 spiro atoms. The van der Waals surface area contributed by atoms with Crippen LogP contribution >= 0.6 is 22.9 Å². The van der Waals surface area contributed by atoms with Gasteiger partial charge in [0, 0.05) is 5.02 Å². The molecule has 8 heteroatoms. The molecular weight excluding hydrogens is 346 g/mol. The van der Waals surface area contributed by atoms with E-state index in [4.69, 9.17) is 11.6 Å². The van der Waals surface area contributed by atoms with Gasteiger partial charge >= 0.3 is 5.97 Å². The van der Waals surface area contributed by atoms with Crippen molar-refractivity contribution in [2.24, 2.45) is 0 Å². The van der Waals surface area contributed by atoms with Crippen LogP contribution in [0.25, 0.3) is 0 Å². The smallest absolute Gasteiger partial charge is 0.326 e. The number of ether oxygens (including phenoxy) is 1. The van der Waals surface area contributed by atoms with E-state index in [0.29, 0.717) is 16.3 Å². The Morgan fingerprint density at radius 1 is 1.36 bits per heavy atom. The average molecular weight is 360 g/mol. The molecule has 0 atom stereocenters. The number of carbonyl (C=O) groups excluding carboxylic acids is 1. The van der Waals surface area contributed by atoms with Crippen LogP contribution in [0.5, 0.6) is 0 Å². The first kappa shape index (κ1) is 16.8. The number of benzene rings is 1. The number of carbonyl (C=O) groups is 1. The van der Waals surface area contributed by atoms with Crippen molar-refractivity contribution >= 4 is 44.6 Å². The third-order valence-electron chi connectivity index (χ3n) is 2.98. The van der Waals surface area contributed by atoms with E-state index in [1.807, 2.05) is 0 Å². The maximum Gasteiger partial charge on any atom is 0.326 e. The van der Waals surface area contributed by atoms with Gasteiger partial charge in [-0.1, -0.05) is 23.7 Å². The quantitative estimate of drug-likeness (QED) is 0.769. The van der Waals surface area contributed by atoms with Crippen LogP contribution < -0.4 is 4.31 Å². The van der Waals surface area contributed by atoms with Gasteiger partial charge in [-0.25, -0.2) is 8.42 Å². The molecule has 0 aliphatic rings. The molecule has 0 aliphatic carbocycles. The van der Waals surface area contributed by atoms with Gasteiger partial charge in [0.2, 0.25) is 0 Å². The molecule has 1 aromatic carbocycles. The van der Waals surface area contributed by atoms with E-state index >= 15 is 0 Å². The number of halogens is 1. The van der Waals surface area contributed by atoms with E-state index in [2.05, 4.69) is 4.74 Å². The van der Waals surface area contributed by atoms with Crippen molar-refractivity contribution in [1.29, 1.82) is 0 Å². The van der Waals surface area contributed by atoms with Gasteiger partial charge in [0.05, 0.1) is 12.8 Å². The fraction of sp³-hybridized carbons (Fsp3) is 0.214. The molecule has 0 fully saturated rings. The zero-order valence-corrected chi connectivity index (χ0v) is 14.3. The van der Waals surface area contributed by atoms with Gasteiger partial charge in [0.25, 0.3) is 10.0 Å². The molecule has 0 saturated carbocycles. The lowest BCUT2D eigenvalue weighted by molar-refractivity contribution is -0.138. The Morgan fingerprint density at radius 2 is 2.09 bits per heavy atom. The Kier molecular flexibility index (Phi) is 5.10. The summed E-state index contributed by atoms with van der Waals surface area (Å²) in [5.74, 6) is -0.653. The summed E-state index contributed by atoms with van der Waals surface area (Å²) in [4.78, 5) is 11.7. The first-order chi connectivity index (χ1) is 10.4. The number of esters is 1. The standard InChI is InChI=1S/C14H14ClNO4S2/c1-10-5-6-11(15)8-12(10)16(9-13(17)20-2)22(18,19)14-4-3-7-21-14/h3-8H,9H2,1-2H3. The molecule has 2 aromatic rings. The maximum atomic E-state index is 12.8. The number of aryl methyl sites for hydroxylation is 1. The van der Waals surface area contributed by atoms with Crippen LogP contribution in [0.4, 0.5) is 5.69 Å². The van der Waals surface area contributed by atoms with Crippen LogP contribution in [-0.4, -0.2) is 28.0 Å². The van der Waals surface area contributed by atoms with Crippen molar-refractivity contribution in [3.63, 3.8) is 0 Å².